The van der Waals surface area contributed by atoms with E-state index < -0.39 is 7.60 Å². The lowest BCUT2D eigenvalue weighted by Crippen LogP contribution is -2.01. The van der Waals surface area contributed by atoms with Crippen molar-refractivity contribution in [2.45, 2.75) is 44.3 Å². The van der Waals surface area contributed by atoms with E-state index in [-0.39, 0.29) is 5.25 Å². The van der Waals surface area contributed by atoms with Crippen LogP contribution in [0, 0.1) is 6.66 Å². The van der Waals surface area contributed by atoms with Gasteiger partial charge in [-0.15, -0.1) is 0 Å². The summed E-state index contributed by atoms with van der Waals surface area (Å²) in [7, 11) is -3.11. The molecular weight excluding hydrogens is 257 g/mol. The van der Waals surface area contributed by atoms with Crippen molar-refractivity contribution in [3.8, 4) is 0 Å². The Morgan fingerprint density at radius 1 is 1.24 bits per heavy atom. The Morgan fingerprint density at radius 3 is 2.41 bits per heavy atom. The Balaban J connectivity index is 3.47. The summed E-state index contributed by atoms with van der Waals surface area (Å²) in [4.78, 5) is 0. The molecule has 0 amide bonds. The molecule has 0 aromatic rings. The molecule has 2 unspecified atom stereocenters. The van der Waals surface area contributed by atoms with Crippen LogP contribution in [0.25, 0.3) is 0 Å². The summed E-state index contributed by atoms with van der Waals surface area (Å²) < 4.78 is 22.0. The van der Waals surface area contributed by atoms with Gasteiger partial charge in [-0.05, 0) is 25.8 Å². The van der Waals surface area contributed by atoms with Crippen LogP contribution in [0.1, 0.15) is 39.0 Å². The standard InChI is InChI=1S/C11H25NO3PS/c1-11(17)7-10-15-16(2,13)14-9-6-4-3-5-8-12/h11,17H,2-10,12H2,1H3/q-1. The highest BCUT2D eigenvalue weighted by Gasteiger charge is 2.08. The number of hydrogen-bond donors (Lipinski definition) is 2. The molecule has 2 N–H and O–H groups in total. The van der Waals surface area contributed by atoms with E-state index in [2.05, 4.69) is 19.3 Å². The Morgan fingerprint density at radius 2 is 1.82 bits per heavy atom. The molecule has 0 radical (unpaired) electrons. The van der Waals surface area contributed by atoms with Crippen LogP contribution in [0.5, 0.6) is 0 Å². The molecule has 0 aliphatic heterocycles. The third-order valence-electron chi connectivity index (χ3n) is 2.21. The maximum absolute atomic E-state index is 11.7. The first-order chi connectivity index (χ1) is 7.98. The first-order valence-corrected chi connectivity index (χ1v) is 8.34. The zero-order chi connectivity index (χ0) is 13.1. The topological polar surface area (TPSA) is 61.5 Å². The summed E-state index contributed by atoms with van der Waals surface area (Å²) in [5, 5.41) is 0.228. The van der Waals surface area contributed by atoms with Crippen LogP contribution >= 0.6 is 20.2 Å². The maximum atomic E-state index is 11.7. The van der Waals surface area contributed by atoms with E-state index in [0.717, 1.165) is 38.6 Å². The van der Waals surface area contributed by atoms with Gasteiger partial charge in [-0.3, -0.25) is 4.57 Å². The first-order valence-electron chi connectivity index (χ1n) is 6.09. The van der Waals surface area contributed by atoms with Crippen molar-refractivity contribution in [2.24, 2.45) is 5.73 Å². The third-order valence-corrected chi connectivity index (χ3v) is 3.62. The fourth-order valence-electron chi connectivity index (χ4n) is 1.20. The lowest BCUT2D eigenvalue weighted by atomic mass is 10.2. The molecule has 17 heavy (non-hydrogen) atoms. The molecule has 0 fully saturated rings. The molecular formula is C11H25NO3PS-. The molecule has 0 bridgehead atoms. The van der Waals surface area contributed by atoms with E-state index in [4.69, 9.17) is 14.8 Å². The molecule has 0 aromatic carbocycles. The summed E-state index contributed by atoms with van der Waals surface area (Å²) >= 11 is 4.20. The SMILES string of the molecule is [CH2-]P(=O)(OCCCCCCN)OCCC(C)S. The van der Waals surface area contributed by atoms with Gasteiger partial charge in [0.2, 0.25) is 0 Å². The molecule has 0 heterocycles. The zero-order valence-electron chi connectivity index (χ0n) is 10.6. The highest BCUT2D eigenvalue weighted by atomic mass is 32.1. The van der Waals surface area contributed by atoms with Crippen LogP contribution in [-0.2, 0) is 13.6 Å². The number of hydrogen-bond acceptors (Lipinski definition) is 5. The molecule has 6 heteroatoms. The fourth-order valence-corrected chi connectivity index (χ4v) is 2.17. The number of unbranched alkanes of at least 4 members (excludes halogenated alkanes) is 3. The highest BCUT2D eigenvalue weighted by molar-refractivity contribution is 7.80. The van der Waals surface area contributed by atoms with Gasteiger partial charge in [0.15, 0.2) is 7.60 Å². The van der Waals surface area contributed by atoms with Gasteiger partial charge >= 0.3 is 0 Å². The van der Waals surface area contributed by atoms with E-state index >= 15 is 0 Å². The van der Waals surface area contributed by atoms with Crippen LogP contribution in [0.4, 0.5) is 0 Å². The van der Waals surface area contributed by atoms with E-state index in [1.807, 2.05) is 6.92 Å². The van der Waals surface area contributed by atoms with Crippen LogP contribution in [0.15, 0.2) is 0 Å². The normalized spacial score (nSPS) is 16.7. The fraction of sp³-hybridized carbons (Fsp3) is 0.909. The van der Waals surface area contributed by atoms with Gasteiger partial charge in [-0.2, -0.15) is 12.6 Å². The predicted molar refractivity (Wildman–Crippen MR) is 75.5 cm³/mol. The molecule has 0 rings (SSSR count). The second kappa shape index (κ2) is 10.4. The average Bonchev–Trinajstić information content (AvgIpc) is 2.22. The Labute approximate surface area is 111 Å². The van der Waals surface area contributed by atoms with Gasteiger partial charge in [0, 0.05) is 5.25 Å². The summed E-state index contributed by atoms with van der Waals surface area (Å²) in [6, 6.07) is 0. The molecule has 4 nitrogen and oxygen atoms in total. The van der Waals surface area contributed by atoms with Crippen LogP contribution in [0.2, 0.25) is 0 Å². The van der Waals surface area contributed by atoms with Crippen molar-refractivity contribution in [3.05, 3.63) is 6.66 Å². The van der Waals surface area contributed by atoms with Crippen LogP contribution < -0.4 is 5.73 Å². The third kappa shape index (κ3) is 12.7. The van der Waals surface area contributed by atoms with Crippen LogP contribution in [0.3, 0.4) is 0 Å². The van der Waals surface area contributed by atoms with Gasteiger partial charge in [0.05, 0.1) is 13.2 Å². The lowest BCUT2D eigenvalue weighted by molar-refractivity contribution is 0.207. The minimum atomic E-state index is -3.11. The average molecular weight is 282 g/mol. The summed E-state index contributed by atoms with van der Waals surface area (Å²) in [5.74, 6) is 0. The van der Waals surface area contributed by atoms with E-state index in [0.29, 0.717) is 13.2 Å². The number of rotatable bonds is 11. The molecule has 2 atom stereocenters. The molecule has 0 spiro atoms. The number of thiol groups is 1. The molecule has 0 aromatic heterocycles. The zero-order valence-corrected chi connectivity index (χ0v) is 12.4. The Bertz CT molecular complexity index is 227. The Hall–Kier alpha value is 0.460. The van der Waals surface area contributed by atoms with Crippen molar-refractivity contribution in [2.75, 3.05) is 19.8 Å². The largest absolute Gasteiger partial charge is 0.331 e. The van der Waals surface area contributed by atoms with Gasteiger partial charge in [-0.1, -0.05) is 19.8 Å². The molecule has 0 aliphatic carbocycles. The van der Waals surface area contributed by atoms with Crippen molar-refractivity contribution >= 4 is 20.2 Å². The molecule has 104 valence electrons. The second-order valence-corrected chi connectivity index (χ2v) is 6.74. The molecule has 0 saturated heterocycles. The maximum Gasteiger partial charge on any atom is 0.184 e. The summed E-state index contributed by atoms with van der Waals surface area (Å²) in [6.45, 7) is 6.95. The lowest BCUT2D eigenvalue weighted by Gasteiger charge is -2.20. The Kier molecular flexibility index (Phi) is 10.7. The quantitative estimate of drug-likeness (QED) is 0.264. The van der Waals surface area contributed by atoms with Crippen LogP contribution in [-0.4, -0.2) is 25.0 Å². The van der Waals surface area contributed by atoms with Crippen molar-refractivity contribution in [1.82, 2.24) is 0 Å². The van der Waals surface area contributed by atoms with E-state index in [1.165, 1.54) is 0 Å². The minimum Gasteiger partial charge on any atom is -0.331 e. The predicted octanol–water partition coefficient (Wildman–Crippen LogP) is 3.23. The van der Waals surface area contributed by atoms with Gasteiger partial charge < -0.3 is 14.8 Å². The summed E-state index contributed by atoms with van der Waals surface area (Å²) in [5.41, 5.74) is 5.38. The highest BCUT2D eigenvalue weighted by Crippen LogP contribution is 2.46. The van der Waals surface area contributed by atoms with Crippen molar-refractivity contribution < 1.29 is 13.6 Å². The smallest absolute Gasteiger partial charge is 0.184 e. The van der Waals surface area contributed by atoms with E-state index in [1.54, 1.807) is 0 Å². The minimum absolute atomic E-state index is 0.228. The van der Waals surface area contributed by atoms with Gasteiger partial charge in [-0.25, -0.2) is 6.66 Å². The summed E-state index contributed by atoms with van der Waals surface area (Å²) in [6.07, 6.45) is 4.75. The van der Waals surface area contributed by atoms with Gasteiger partial charge in [0.1, 0.15) is 0 Å². The van der Waals surface area contributed by atoms with Gasteiger partial charge in [0.25, 0.3) is 0 Å². The molecule has 0 saturated carbocycles. The monoisotopic (exact) mass is 282 g/mol. The molecule has 0 aliphatic rings. The van der Waals surface area contributed by atoms with E-state index in [9.17, 15) is 4.57 Å². The number of nitrogens with two attached hydrogens (primary N) is 1. The van der Waals surface area contributed by atoms with Crippen molar-refractivity contribution in [3.63, 3.8) is 0 Å². The van der Waals surface area contributed by atoms with Crippen molar-refractivity contribution in [1.29, 1.82) is 0 Å². The second-order valence-electron chi connectivity index (χ2n) is 4.12. The first kappa shape index (κ1) is 17.5.